The maximum absolute atomic E-state index is 12.8. The Balaban J connectivity index is 1.42. The highest BCUT2D eigenvalue weighted by Crippen LogP contribution is 2.37. The van der Waals surface area contributed by atoms with E-state index in [9.17, 15) is 10.1 Å². The lowest BCUT2D eigenvalue weighted by molar-refractivity contribution is 0.0925. The van der Waals surface area contributed by atoms with Gasteiger partial charge in [0.1, 0.15) is 23.4 Å². The van der Waals surface area contributed by atoms with E-state index >= 15 is 0 Å². The standard InChI is InChI=1S/C26H21ClN8OS/c27-23-9-8-22(37-23)26(36)32-16-5-3-6-17(10-16)35-21-11-19(24-30-14-31-34-24)29-13-20(21)33-25(35)18-7-2-1-4-15(18)12-28/h1-2,4,7-9,11,13-14,16-17H,3,5-6,10H2,(H,32,36)(H,30,31,34)/t16-,17+/m0/s1. The minimum atomic E-state index is -0.107. The summed E-state index contributed by atoms with van der Waals surface area (Å²) in [6.07, 6.45) is 6.66. The zero-order valence-corrected chi connectivity index (χ0v) is 21.1. The van der Waals surface area contributed by atoms with E-state index in [-0.39, 0.29) is 18.0 Å². The zero-order chi connectivity index (χ0) is 25.4. The number of carbonyl (C=O) groups excluding carboxylic acids is 1. The molecule has 4 aromatic heterocycles. The SMILES string of the molecule is N#Cc1ccccc1-c1nc2cnc(-c3ncn[nH]3)cc2n1[C@@H]1CCC[C@H](NC(=O)c2ccc(Cl)s2)C1. The molecule has 0 unspecified atom stereocenters. The zero-order valence-electron chi connectivity index (χ0n) is 19.6. The fourth-order valence-electron chi connectivity index (χ4n) is 5.01. The molecule has 0 radical (unpaired) electrons. The third-order valence-corrected chi connectivity index (χ3v) is 7.90. The van der Waals surface area contributed by atoms with Crippen LogP contribution in [0.25, 0.3) is 33.9 Å². The molecule has 5 aromatic rings. The van der Waals surface area contributed by atoms with Gasteiger partial charge in [0.2, 0.25) is 0 Å². The van der Waals surface area contributed by atoms with Crippen molar-refractivity contribution < 1.29 is 4.79 Å². The number of nitrogens with zero attached hydrogens (tertiary/aromatic N) is 6. The fourth-order valence-corrected chi connectivity index (χ4v) is 5.96. The van der Waals surface area contributed by atoms with E-state index in [1.807, 2.05) is 24.3 Å². The first-order valence-electron chi connectivity index (χ1n) is 11.9. The lowest BCUT2D eigenvalue weighted by Gasteiger charge is -2.32. The van der Waals surface area contributed by atoms with E-state index in [1.54, 1.807) is 24.4 Å². The monoisotopic (exact) mass is 528 g/mol. The fraction of sp³-hybridized carbons (Fsp3) is 0.231. The molecule has 1 aliphatic carbocycles. The molecule has 1 fully saturated rings. The molecule has 1 amide bonds. The largest absolute Gasteiger partial charge is 0.349 e. The van der Waals surface area contributed by atoms with Gasteiger partial charge in [-0.15, -0.1) is 11.3 Å². The van der Waals surface area contributed by atoms with Gasteiger partial charge >= 0.3 is 0 Å². The normalized spacial score (nSPS) is 17.5. The van der Waals surface area contributed by atoms with E-state index in [4.69, 9.17) is 16.6 Å². The molecule has 6 rings (SSSR count). The Labute approximate surface area is 221 Å². The number of halogens is 1. The van der Waals surface area contributed by atoms with Gasteiger partial charge < -0.3 is 9.88 Å². The number of aromatic nitrogens is 6. The van der Waals surface area contributed by atoms with Crippen LogP contribution < -0.4 is 5.32 Å². The van der Waals surface area contributed by atoms with E-state index in [1.165, 1.54) is 17.7 Å². The number of nitrogens with one attached hydrogen (secondary N) is 2. The topological polar surface area (TPSA) is 125 Å². The number of pyridine rings is 1. The lowest BCUT2D eigenvalue weighted by Crippen LogP contribution is -2.38. The van der Waals surface area contributed by atoms with Crippen molar-refractivity contribution in [2.75, 3.05) is 0 Å². The molecule has 37 heavy (non-hydrogen) atoms. The molecule has 9 nitrogen and oxygen atoms in total. The molecule has 1 aliphatic rings. The minimum absolute atomic E-state index is 0.000725. The first-order valence-corrected chi connectivity index (χ1v) is 13.1. The van der Waals surface area contributed by atoms with Crippen molar-refractivity contribution in [2.24, 2.45) is 0 Å². The molecular formula is C26H21ClN8OS. The maximum Gasteiger partial charge on any atom is 0.261 e. The maximum atomic E-state index is 12.8. The highest BCUT2D eigenvalue weighted by Gasteiger charge is 2.29. The number of aromatic amines is 1. The van der Waals surface area contributed by atoms with Gasteiger partial charge in [-0.1, -0.05) is 23.7 Å². The Morgan fingerprint density at radius 2 is 2.11 bits per heavy atom. The van der Waals surface area contributed by atoms with E-state index < -0.39 is 0 Å². The summed E-state index contributed by atoms with van der Waals surface area (Å²) in [7, 11) is 0. The van der Waals surface area contributed by atoms with Crippen molar-refractivity contribution in [1.82, 2.24) is 35.0 Å². The lowest BCUT2D eigenvalue weighted by atomic mass is 9.90. The minimum Gasteiger partial charge on any atom is -0.349 e. The Bertz CT molecular complexity index is 1630. The summed E-state index contributed by atoms with van der Waals surface area (Å²) in [5.74, 6) is 1.17. The number of nitriles is 1. The van der Waals surface area contributed by atoms with Crippen LogP contribution in [0, 0.1) is 11.3 Å². The summed E-state index contributed by atoms with van der Waals surface area (Å²) in [5, 5.41) is 19.8. The van der Waals surface area contributed by atoms with Crippen molar-refractivity contribution in [1.29, 1.82) is 5.26 Å². The van der Waals surface area contributed by atoms with Crippen LogP contribution in [0.3, 0.4) is 0 Å². The number of amides is 1. The summed E-state index contributed by atoms with van der Waals surface area (Å²) in [4.78, 5) is 27.2. The molecule has 0 spiro atoms. The van der Waals surface area contributed by atoms with Gasteiger partial charge in [0.25, 0.3) is 5.91 Å². The van der Waals surface area contributed by atoms with Crippen LogP contribution in [-0.2, 0) is 0 Å². The van der Waals surface area contributed by atoms with Gasteiger partial charge in [-0.2, -0.15) is 10.4 Å². The second-order valence-electron chi connectivity index (χ2n) is 8.95. The predicted octanol–water partition coefficient (Wildman–Crippen LogP) is 5.38. The molecule has 2 N–H and O–H groups in total. The third-order valence-electron chi connectivity index (χ3n) is 6.67. The first-order chi connectivity index (χ1) is 18.1. The van der Waals surface area contributed by atoms with Crippen molar-refractivity contribution >= 4 is 39.9 Å². The van der Waals surface area contributed by atoms with Crippen LogP contribution in [0.1, 0.15) is 47.0 Å². The number of fused-ring (bicyclic) bond motifs is 1. The van der Waals surface area contributed by atoms with Crippen molar-refractivity contribution in [3.8, 4) is 29.0 Å². The predicted molar refractivity (Wildman–Crippen MR) is 141 cm³/mol. The second kappa shape index (κ2) is 9.76. The Hall–Kier alpha value is -4.07. The number of hydrogen-bond donors (Lipinski definition) is 2. The molecule has 4 heterocycles. The van der Waals surface area contributed by atoms with Crippen LogP contribution in [0.15, 0.2) is 55.0 Å². The first kappa shape index (κ1) is 23.3. The molecular weight excluding hydrogens is 508 g/mol. The van der Waals surface area contributed by atoms with E-state index in [0.29, 0.717) is 32.1 Å². The molecule has 184 valence electrons. The molecule has 0 bridgehead atoms. The van der Waals surface area contributed by atoms with E-state index in [2.05, 4.69) is 36.1 Å². The second-order valence-corrected chi connectivity index (χ2v) is 10.7. The smallest absolute Gasteiger partial charge is 0.261 e. The quantitative estimate of drug-likeness (QED) is 0.315. The summed E-state index contributed by atoms with van der Waals surface area (Å²) < 4.78 is 2.79. The summed E-state index contributed by atoms with van der Waals surface area (Å²) in [5.41, 5.74) is 3.59. The van der Waals surface area contributed by atoms with E-state index in [0.717, 1.165) is 42.3 Å². The number of rotatable bonds is 5. The van der Waals surface area contributed by atoms with Crippen LogP contribution in [0.2, 0.25) is 4.34 Å². The third kappa shape index (κ3) is 4.48. The average molecular weight is 529 g/mol. The van der Waals surface area contributed by atoms with Crippen molar-refractivity contribution in [3.63, 3.8) is 0 Å². The highest BCUT2D eigenvalue weighted by molar-refractivity contribution is 7.18. The molecule has 2 atom stereocenters. The number of thiophene rings is 1. The summed E-state index contributed by atoms with van der Waals surface area (Å²) >= 11 is 7.31. The number of hydrogen-bond acceptors (Lipinski definition) is 7. The molecule has 1 aromatic carbocycles. The van der Waals surface area contributed by atoms with Crippen LogP contribution in [-0.4, -0.2) is 41.7 Å². The molecule has 0 saturated heterocycles. The summed E-state index contributed by atoms with van der Waals surface area (Å²) in [6.45, 7) is 0. The number of benzene rings is 1. The van der Waals surface area contributed by atoms with Gasteiger partial charge in [-0.25, -0.2) is 9.97 Å². The van der Waals surface area contributed by atoms with Gasteiger partial charge in [-0.05, 0) is 56.0 Å². The summed E-state index contributed by atoms with van der Waals surface area (Å²) in [6, 6.07) is 15.3. The highest BCUT2D eigenvalue weighted by atomic mass is 35.5. The Morgan fingerprint density at radius 3 is 2.89 bits per heavy atom. The average Bonchev–Trinajstić information content (AvgIpc) is 3.68. The number of imidazole rings is 1. The molecule has 1 saturated carbocycles. The van der Waals surface area contributed by atoms with Gasteiger partial charge in [0, 0.05) is 17.6 Å². The van der Waals surface area contributed by atoms with Crippen LogP contribution in [0.5, 0.6) is 0 Å². The van der Waals surface area contributed by atoms with Crippen molar-refractivity contribution in [2.45, 2.75) is 37.8 Å². The molecule has 11 heteroatoms. The Kier molecular flexibility index (Phi) is 6.16. The number of carbonyl (C=O) groups is 1. The van der Waals surface area contributed by atoms with Crippen LogP contribution in [0.4, 0.5) is 0 Å². The van der Waals surface area contributed by atoms with Gasteiger partial charge in [0.15, 0.2) is 5.82 Å². The van der Waals surface area contributed by atoms with Gasteiger partial charge in [0.05, 0.1) is 32.6 Å². The molecule has 0 aliphatic heterocycles. The van der Waals surface area contributed by atoms with Crippen molar-refractivity contribution in [3.05, 3.63) is 69.8 Å². The van der Waals surface area contributed by atoms with Crippen LogP contribution >= 0.6 is 22.9 Å². The number of H-pyrrole nitrogens is 1. The van der Waals surface area contributed by atoms with Gasteiger partial charge in [-0.3, -0.25) is 14.9 Å². The Morgan fingerprint density at radius 1 is 1.22 bits per heavy atom.